The molecule has 1 saturated heterocycles. The maximum absolute atomic E-state index is 5.61. The Balaban J connectivity index is 0.000000921. The zero-order valence-electron chi connectivity index (χ0n) is 14.2. The Bertz CT molecular complexity index is 286. The molecule has 0 unspecified atom stereocenters. The molecule has 21 heavy (non-hydrogen) atoms. The summed E-state index contributed by atoms with van der Waals surface area (Å²) in [5.74, 6) is 0. The molecule has 1 aliphatic heterocycles. The topological polar surface area (TPSA) is 50.5 Å². The van der Waals surface area contributed by atoms with Gasteiger partial charge in [0, 0.05) is 45.4 Å². The predicted molar refractivity (Wildman–Crippen MR) is 87.6 cm³/mol. The molecule has 0 aliphatic carbocycles. The summed E-state index contributed by atoms with van der Waals surface area (Å²) in [6, 6.07) is 1.90. The molecule has 0 bridgehead atoms. The number of nitrogens with zero attached hydrogens (tertiary/aromatic N) is 2. The first-order valence-electron chi connectivity index (χ1n) is 8.35. The first-order chi connectivity index (χ1) is 10.4. The van der Waals surface area contributed by atoms with Crippen LogP contribution in [0, 0.1) is 0 Å². The highest BCUT2D eigenvalue weighted by atomic mass is 16.5. The lowest BCUT2D eigenvalue weighted by Gasteiger charge is -2.26. The van der Waals surface area contributed by atoms with Gasteiger partial charge in [0.25, 0.3) is 0 Å². The summed E-state index contributed by atoms with van der Waals surface area (Å²) in [5, 5.41) is 7.20. The molecule has 5 heteroatoms. The van der Waals surface area contributed by atoms with Crippen molar-refractivity contribution in [3.8, 4) is 0 Å². The van der Waals surface area contributed by atoms with E-state index in [1.165, 1.54) is 0 Å². The normalized spacial score (nSPS) is 14.7. The van der Waals surface area contributed by atoms with Crippen LogP contribution < -0.4 is 5.32 Å². The standard InChI is InChI=1S/C12H21N3O2.2C2H6/c1(2-12-3-10-17-14-12)9-16-11-8-15-6-4-13-5-7-15;2*1-2/h3,10,13H,1-2,4-9,11H2;2*1-2H3. The van der Waals surface area contributed by atoms with Crippen LogP contribution in [0.1, 0.15) is 39.8 Å². The summed E-state index contributed by atoms with van der Waals surface area (Å²) in [6.07, 6.45) is 3.55. The van der Waals surface area contributed by atoms with E-state index in [4.69, 9.17) is 9.26 Å². The van der Waals surface area contributed by atoms with Gasteiger partial charge >= 0.3 is 0 Å². The Kier molecular flexibility index (Phi) is 14.8. The van der Waals surface area contributed by atoms with E-state index in [9.17, 15) is 0 Å². The SMILES string of the molecule is CC.CC.c1cc(CCCOCCN2CCNCC2)no1. The van der Waals surface area contributed by atoms with Crippen LogP contribution in [0.15, 0.2) is 16.9 Å². The van der Waals surface area contributed by atoms with Crippen molar-refractivity contribution < 1.29 is 9.26 Å². The third-order valence-corrected chi connectivity index (χ3v) is 2.97. The van der Waals surface area contributed by atoms with Crippen molar-refractivity contribution in [3.05, 3.63) is 18.0 Å². The number of aromatic nitrogens is 1. The van der Waals surface area contributed by atoms with Crippen LogP contribution >= 0.6 is 0 Å². The van der Waals surface area contributed by atoms with Gasteiger partial charge in [-0.1, -0.05) is 32.9 Å². The fourth-order valence-corrected chi connectivity index (χ4v) is 1.95. The van der Waals surface area contributed by atoms with Crippen molar-refractivity contribution in [1.29, 1.82) is 0 Å². The molecular formula is C16H33N3O2. The number of rotatable bonds is 7. The molecule has 2 heterocycles. The molecule has 1 aliphatic rings. The van der Waals surface area contributed by atoms with Gasteiger partial charge in [0.05, 0.1) is 12.3 Å². The van der Waals surface area contributed by atoms with Gasteiger partial charge in [0.15, 0.2) is 0 Å². The van der Waals surface area contributed by atoms with Gasteiger partial charge in [0.1, 0.15) is 6.26 Å². The van der Waals surface area contributed by atoms with Crippen LogP contribution in [0.4, 0.5) is 0 Å². The molecule has 5 nitrogen and oxygen atoms in total. The van der Waals surface area contributed by atoms with Crippen LogP contribution in [0.5, 0.6) is 0 Å². The number of hydrogen-bond donors (Lipinski definition) is 1. The van der Waals surface area contributed by atoms with Crippen LogP contribution in [0.2, 0.25) is 0 Å². The van der Waals surface area contributed by atoms with Crippen molar-refractivity contribution in [3.63, 3.8) is 0 Å². The number of aryl methyl sites for hydroxylation is 1. The first-order valence-corrected chi connectivity index (χ1v) is 8.35. The Hall–Kier alpha value is -0.910. The maximum Gasteiger partial charge on any atom is 0.124 e. The maximum atomic E-state index is 5.61. The van der Waals surface area contributed by atoms with Gasteiger partial charge in [-0.2, -0.15) is 0 Å². The summed E-state index contributed by atoms with van der Waals surface area (Å²) in [4.78, 5) is 2.44. The van der Waals surface area contributed by atoms with Gasteiger partial charge in [-0.25, -0.2) is 0 Å². The van der Waals surface area contributed by atoms with E-state index in [0.717, 1.165) is 64.5 Å². The van der Waals surface area contributed by atoms with E-state index in [2.05, 4.69) is 15.4 Å². The van der Waals surface area contributed by atoms with Crippen molar-refractivity contribution in [2.24, 2.45) is 0 Å². The molecule has 124 valence electrons. The second-order valence-electron chi connectivity index (χ2n) is 4.30. The van der Waals surface area contributed by atoms with E-state index >= 15 is 0 Å². The number of hydrogen-bond acceptors (Lipinski definition) is 5. The van der Waals surface area contributed by atoms with E-state index in [0.29, 0.717) is 0 Å². The van der Waals surface area contributed by atoms with Crippen molar-refractivity contribution in [2.45, 2.75) is 40.5 Å². The van der Waals surface area contributed by atoms with Crippen molar-refractivity contribution in [1.82, 2.24) is 15.4 Å². The van der Waals surface area contributed by atoms with E-state index in [-0.39, 0.29) is 0 Å². The second kappa shape index (κ2) is 15.5. The van der Waals surface area contributed by atoms with Gasteiger partial charge in [-0.15, -0.1) is 0 Å². The lowest BCUT2D eigenvalue weighted by Crippen LogP contribution is -2.44. The van der Waals surface area contributed by atoms with E-state index < -0.39 is 0 Å². The zero-order chi connectivity index (χ0) is 15.8. The molecule has 0 atom stereocenters. The summed E-state index contributed by atoms with van der Waals surface area (Å²) in [7, 11) is 0. The third-order valence-electron chi connectivity index (χ3n) is 2.97. The van der Waals surface area contributed by atoms with Gasteiger partial charge in [0.2, 0.25) is 0 Å². The number of ether oxygens (including phenoxy) is 1. The quantitative estimate of drug-likeness (QED) is 0.784. The van der Waals surface area contributed by atoms with Crippen LogP contribution in [0.3, 0.4) is 0 Å². The fraction of sp³-hybridized carbons (Fsp3) is 0.812. The van der Waals surface area contributed by atoms with Gasteiger partial charge in [-0.3, -0.25) is 4.90 Å². The number of nitrogens with one attached hydrogen (secondary N) is 1. The Morgan fingerprint density at radius 3 is 2.52 bits per heavy atom. The minimum absolute atomic E-state index is 0.805. The van der Waals surface area contributed by atoms with Crippen LogP contribution in [-0.2, 0) is 11.2 Å². The molecule has 0 saturated carbocycles. The molecular weight excluding hydrogens is 266 g/mol. The summed E-state index contributed by atoms with van der Waals surface area (Å²) in [6.45, 7) is 15.2. The van der Waals surface area contributed by atoms with Gasteiger partial charge in [-0.05, 0) is 12.8 Å². The minimum atomic E-state index is 0.805. The lowest BCUT2D eigenvalue weighted by molar-refractivity contribution is 0.0974. The average molecular weight is 299 g/mol. The van der Waals surface area contributed by atoms with Crippen LogP contribution in [0.25, 0.3) is 0 Å². The molecule has 0 aromatic carbocycles. The Morgan fingerprint density at radius 1 is 1.19 bits per heavy atom. The first kappa shape index (κ1) is 20.1. The monoisotopic (exact) mass is 299 g/mol. The molecule has 1 aromatic rings. The number of piperazine rings is 1. The predicted octanol–water partition coefficient (Wildman–Crippen LogP) is 2.58. The molecule has 2 rings (SSSR count). The smallest absolute Gasteiger partial charge is 0.124 e. The van der Waals surface area contributed by atoms with Crippen LogP contribution in [-0.4, -0.2) is 56.0 Å². The highest BCUT2D eigenvalue weighted by Crippen LogP contribution is 1.99. The summed E-state index contributed by atoms with van der Waals surface area (Å²) >= 11 is 0. The Labute approximate surface area is 130 Å². The van der Waals surface area contributed by atoms with Crippen molar-refractivity contribution in [2.75, 3.05) is 45.9 Å². The van der Waals surface area contributed by atoms with E-state index in [1.807, 2.05) is 33.8 Å². The highest BCUT2D eigenvalue weighted by Gasteiger charge is 2.08. The molecule has 0 radical (unpaired) electrons. The molecule has 0 spiro atoms. The molecule has 0 amide bonds. The highest BCUT2D eigenvalue weighted by molar-refractivity contribution is 4.94. The van der Waals surface area contributed by atoms with Crippen molar-refractivity contribution >= 4 is 0 Å². The third kappa shape index (κ3) is 10.5. The largest absolute Gasteiger partial charge is 0.380 e. The fourth-order valence-electron chi connectivity index (χ4n) is 1.95. The molecule has 1 aromatic heterocycles. The van der Waals surface area contributed by atoms with E-state index in [1.54, 1.807) is 6.26 Å². The Morgan fingerprint density at radius 2 is 1.90 bits per heavy atom. The average Bonchev–Trinajstić information content (AvgIpc) is 3.09. The second-order valence-corrected chi connectivity index (χ2v) is 4.30. The zero-order valence-corrected chi connectivity index (χ0v) is 14.2. The lowest BCUT2D eigenvalue weighted by atomic mass is 10.2. The van der Waals surface area contributed by atoms with Gasteiger partial charge < -0.3 is 14.6 Å². The molecule has 1 fully saturated rings. The summed E-state index contributed by atoms with van der Waals surface area (Å²) in [5.41, 5.74) is 1.01. The molecule has 1 N–H and O–H groups in total. The summed E-state index contributed by atoms with van der Waals surface area (Å²) < 4.78 is 10.4. The minimum Gasteiger partial charge on any atom is -0.380 e.